The third kappa shape index (κ3) is 4.65. The summed E-state index contributed by atoms with van der Waals surface area (Å²) in [6.45, 7) is -0.0783. The number of benzene rings is 2. The molecule has 0 aliphatic carbocycles. The van der Waals surface area contributed by atoms with Gasteiger partial charge >= 0.3 is 6.18 Å². The zero-order valence-electron chi connectivity index (χ0n) is 20.5. The van der Waals surface area contributed by atoms with Crippen molar-refractivity contribution in [1.29, 1.82) is 5.26 Å². The number of nitrogens with zero attached hydrogens (tertiary/aromatic N) is 4. The number of ether oxygens (including phenoxy) is 1. The normalized spacial score (nSPS) is 18.9. The van der Waals surface area contributed by atoms with E-state index in [1.54, 1.807) is 12.1 Å². The maximum Gasteiger partial charge on any atom is 0.417 e. The lowest BCUT2D eigenvalue weighted by Crippen LogP contribution is -2.50. The van der Waals surface area contributed by atoms with Crippen molar-refractivity contribution < 1.29 is 31.9 Å². The van der Waals surface area contributed by atoms with Gasteiger partial charge in [0.25, 0.3) is 11.8 Å². The topological polar surface area (TPSA) is 98.6 Å². The van der Waals surface area contributed by atoms with Crippen LogP contribution in [-0.4, -0.2) is 40.7 Å². The zero-order valence-corrected chi connectivity index (χ0v) is 21.4. The Kier molecular flexibility index (Phi) is 6.99. The number of nitriles is 1. The Labute approximate surface area is 230 Å². The number of hydrogen-bond donors (Lipinski definition) is 1. The molecular weight excluding hydrogens is 550 g/mol. The summed E-state index contributed by atoms with van der Waals surface area (Å²) in [5, 5.41) is 11.6. The number of nitrogens with one attached hydrogen (secondary N) is 1. The highest BCUT2D eigenvalue weighted by Gasteiger charge is 2.58. The number of pyridine rings is 1. The minimum Gasteiger partial charge on any atom is -0.378 e. The van der Waals surface area contributed by atoms with E-state index in [0.717, 1.165) is 17.0 Å². The standard InChI is InChI=1S/C27H19F4N5O3S/c28-21-12-19(7-5-17(21)14-34-23(37)22-3-1-2-9-33-22)36-25(40)35(24(38)26(36)8-10-39-15-26)18-6-4-16(13-32)20(11-18)27(29,30)31/h1-7,9,11-12H,8,10,14-15H2,(H,34,37). The molecule has 2 aliphatic heterocycles. The van der Waals surface area contributed by atoms with E-state index in [1.165, 1.54) is 41.4 Å². The molecular formula is C27H19F4N5O3S. The summed E-state index contributed by atoms with van der Waals surface area (Å²) < 4.78 is 61.6. The lowest BCUT2D eigenvalue weighted by molar-refractivity contribution is -0.137. The van der Waals surface area contributed by atoms with Crippen LogP contribution in [0.3, 0.4) is 0 Å². The molecule has 2 fully saturated rings. The Hall–Kier alpha value is -4.41. The minimum atomic E-state index is -4.84. The first-order valence-corrected chi connectivity index (χ1v) is 12.3. The molecule has 13 heteroatoms. The number of carbonyl (C=O) groups excluding carboxylic acids is 2. The van der Waals surface area contributed by atoms with Gasteiger partial charge in [-0.15, -0.1) is 0 Å². The fraction of sp³-hybridized carbons (Fsp3) is 0.222. The molecule has 2 amide bonds. The van der Waals surface area contributed by atoms with E-state index in [0.29, 0.717) is 6.07 Å². The lowest BCUT2D eigenvalue weighted by atomic mass is 9.95. The Balaban J connectivity index is 1.46. The summed E-state index contributed by atoms with van der Waals surface area (Å²) in [6, 6.07) is 13.3. The third-order valence-electron chi connectivity index (χ3n) is 6.73. The largest absolute Gasteiger partial charge is 0.417 e. The van der Waals surface area contributed by atoms with Crippen LogP contribution in [0, 0.1) is 17.1 Å². The second kappa shape index (κ2) is 10.3. The first kappa shape index (κ1) is 27.2. The maximum atomic E-state index is 15.2. The summed E-state index contributed by atoms with van der Waals surface area (Å²) in [5.41, 5.74) is -2.87. The quantitative estimate of drug-likeness (QED) is 0.361. The molecule has 2 saturated heterocycles. The second-order valence-corrected chi connectivity index (χ2v) is 9.47. The number of hydrogen-bond acceptors (Lipinski definition) is 6. The van der Waals surface area contributed by atoms with E-state index in [2.05, 4.69) is 10.3 Å². The molecule has 1 unspecified atom stereocenters. The number of aromatic nitrogens is 1. The molecule has 1 N–H and O–H groups in total. The van der Waals surface area contributed by atoms with E-state index in [-0.39, 0.29) is 53.9 Å². The number of alkyl halides is 3. The van der Waals surface area contributed by atoms with Gasteiger partial charge in [0, 0.05) is 37.0 Å². The number of anilines is 2. The van der Waals surface area contributed by atoms with E-state index < -0.39 is 40.5 Å². The molecule has 2 aromatic carbocycles. The smallest absolute Gasteiger partial charge is 0.378 e. The summed E-state index contributed by atoms with van der Waals surface area (Å²) in [6.07, 6.45) is -3.23. The number of rotatable bonds is 5. The van der Waals surface area contributed by atoms with Crippen LogP contribution in [-0.2, 0) is 22.3 Å². The highest BCUT2D eigenvalue weighted by molar-refractivity contribution is 7.81. The molecule has 3 aromatic rings. The van der Waals surface area contributed by atoms with Crippen LogP contribution in [0.4, 0.5) is 28.9 Å². The van der Waals surface area contributed by atoms with Gasteiger partial charge in [-0.1, -0.05) is 12.1 Å². The Morgan fingerprint density at radius 1 is 1.18 bits per heavy atom. The highest BCUT2D eigenvalue weighted by Crippen LogP contribution is 2.43. The number of halogens is 4. The molecule has 1 atom stereocenters. The lowest BCUT2D eigenvalue weighted by Gasteiger charge is -2.31. The molecule has 0 radical (unpaired) electrons. The maximum absolute atomic E-state index is 15.2. The van der Waals surface area contributed by atoms with Gasteiger partial charge in [-0.2, -0.15) is 18.4 Å². The Bertz CT molecular complexity index is 1550. The van der Waals surface area contributed by atoms with Crippen LogP contribution in [0.5, 0.6) is 0 Å². The van der Waals surface area contributed by atoms with Gasteiger partial charge in [0.05, 0.1) is 29.5 Å². The van der Waals surface area contributed by atoms with E-state index in [9.17, 15) is 22.8 Å². The summed E-state index contributed by atoms with van der Waals surface area (Å²) >= 11 is 5.57. The molecule has 1 spiro atoms. The van der Waals surface area contributed by atoms with Crippen molar-refractivity contribution >= 4 is 40.5 Å². The van der Waals surface area contributed by atoms with Crippen LogP contribution in [0.25, 0.3) is 0 Å². The van der Waals surface area contributed by atoms with Crippen molar-refractivity contribution in [3.05, 3.63) is 89.0 Å². The van der Waals surface area contributed by atoms with Crippen LogP contribution in [0.2, 0.25) is 0 Å². The fourth-order valence-corrected chi connectivity index (χ4v) is 5.21. The van der Waals surface area contributed by atoms with Crippen molar-refractivity contribution in [2.24, 2.45) is 0 Å². The first-order chi connectivity index (χ1) is 19.1. The van der Waals surface area contributed by atoms with Crippen molar-refractivity contribution in [3.8, 4) is 6.07 Å². The van der Waals surface area contributed by atoms with Gasteiger partial charge < -0.3 is 15.0 Å². The molecule has 2 aliphatic rings. The number of carbonyl (C=O) groups is 2. The van der Waals surface area contributed by atoms with Gasteiger partial charge in [0.1, 0.15) is 11.5 Å². The molecule has 204 valence electrons. The highest BCUT2D eigenvalue weighted by atomic mass is 32.1. The van der Waals surface area contributed by atoms with E-state index in [4.69, 9.17) is 22.2 Å². The van der Waals surface area contributed by atoms with Crippen molar-refractivity contribution in [1.82, 2.24) is 10.3 Å². The SMILES string of the molecule is N#Cc1ccc(N2C(=O)C3(CCOC3)N(c3ccc(CNC(=O)c4ccccn4)c(F)c3)C2=S)cc1C(F)(F)F. The van der Waals surface area contributed by atoms with Crippen molar-refractivity contribution in [3.63, 3.8) is 0 Å². The van der Waals surface area contributed by atoms with Crippen LogP contribution >= 0.6 is 12.2 Å². The van der Waals surface area contributed by atoms with Crippen LogP contribution in [0.1, 0.15) is 33.6 Å². The average molecular weight is 570 g/mol. The second-order valence-electron chi connectivity index (χ2n) is 9.11. The fourth-order valence-electron chi connectivity index (χ4n) is 4.74. The number of thiocarbonyl (C=S) groups is 1. The first-order valence-electron chi connectivity index (χ1n) is 11.9. The van der Waals surface area contributed by atoms with Crippen molar-refractivity contribution in [2.45, 2.75) is 24.7 Å². The summed E-state index contributed by atoms with van der Waals surface area (Å²) in [4.78, 5) is 32.3. The number of amides is 2. The van der Waals surface area contributed by atoms with E-state index >= 15 is 4.39 Å². The van der Waals surface area contributed by atoms with Gasteiger partial charge in [0.15, 0.2) is 10.7 Å². The van der Waals surface area contributed by atoms with Crippen LogP contribution in [0.15, 0.2) is 60.8 Å². The predicted octanol–water partition coefficient (Wildman–Crippen LogP) is 4.34. The Morgan fingerprint density at radius 3 is 2.58 bits per heavy atom. The zero-order chi connectivity index (χ0) is 28.7. The average Bonchev–Trinajstić information content (AvgIpc) is 3.50. The predicted molar refractivity (Wildman–Crippen MR) is 139 cm³/mol. The molecule has 8 nitrogen and oxygen atoms in total. The van der Waals surface area contributed by atoms with Crippen molar-refractivity contribution in [2.75, 3.05) is 23.0 Å². The monoisotopic (exact) mass is 569 g/mol. The van der Waals surface area contributed by atoms with Crippen LogP contribution < -0.4 is 15.1 Å². The molecule has 0 bridgehead atoms. The van der Waals surface area contributed by atoms with E-state index in [1.807, 2.05) is 0 Å². The Morgan fingerprint density at radius 2 is 1.95 bits per heavy atom. The van der Waals surface area contributed by atoms with Gasteiger partial charge in [-0.25, -0.2) is 4.39 Å². The molecule has 1 aromatic heterocycles. The molecule has 40 heavy (non-hydrogen) atoms. The molecule has 0 saturated carbocycles. The van der Waals surface area contributed by atoms with Gasteiger partial charge in [0.2, 0.25) is 0 Å². The van der Waals surface area contributed by atoms with Gasteiger partial charge in [-0.05, 0) is 54.7 Å². The molecule has 3 heterocycles. The summed E-state index contributed by atoms with van der Waals surface area (Å²) in [7, 11) is 0. The van der Waals surface area contributed by atoms with Gasteiger partial charge in [-0.3, -0.25) is 19.5 Å². The molecule has 5 rings (SSSR count). The minimum absolute atomic E-state index is 0.117. The summed E-state index contributed by atoms with van der Waals surface area (Å²) in [5.74, 6) is -1.81. The third-order valence-corrected chi connectivity index (χ3v) is 7.10.